The van der Waals surface area contributed by atoms with Crippen LogP contribution in [0.2, 0.25) is 0 Å². The molecular formula is C16H23FN2O2. The minimum absolute atomic E-state index is 0.151. The normalized spacial score (nSPS) is 16.9. The Balaban J connectivity index is 1.95. The van der Waals surface area contributed by atoms with Crippen LogP contribution in [0.4, 0.5) is 4.39 Å². The molecule has 0 spiro atoms. The minimum Gasteiger partial charge on any atom is -0.494 e. The average Bonchev–Trinajstić information content (AvgIpc) is 2.47. The summed E-state index contributed by atoms with van der Waals surface area (Å²) >= 11 is 0. The van der Waals surface area contributed by atoms with Crippen molar-refractivity contribution in [2.75, 3.05) is 46.4 Å². The van der Waals surface area contributed by atoms with Crippen molar-refractivity contribution in [2.24, 2.45) is 0 Å². The molecule has 0 amide bonds. The third kappa shape index (κ3) is 4.51. The van der Waals surface area contributed by atoms with Gasteiger partial charge < -0.3 is 9.64 Å². The standard InChI is InChI=1S/C16H23FN2O2/c1-3-10-21-13-4-5-14(15(17)11-13)16(20)12-19-8-6-18(2)7-9-19/h4-5,11H,3,6-10,12H2,1-2H3. The molecule has 1 aromatic rings. The van der Waals surface area contributed by atoms with Gasteiger partial charge >= 0.3 is 0 Å². The first-order valence-electron chi connectivity index (χ1n) is 7.46. The van der Waals surface area contributed by atoms with Gasteiger partial charge in [-0.05, 0) is 25.6 Å². The fourth-order valence-corrected chi connectivity index (χ4v) is 2.33. The van der Waals surface area contributed by atoms with Gasteiger partial charge in [-0.15, -0.1) is 0 Å². The molecule has 0 aromatic heterocycles. The molecule has 1 aliphatic heterocycles. The Kier molecular flexibility index (Phi) is 5.70. The Hall–Kier alpha value is -1.46. The van der Waals surface area contributed by atoms with Crippen molar-refractivity contribution in [3.8, 4) is 5.75 Å². The van der Waals surface area contributed by atoms with E-state index in [-0.39, 0.29) is 17.9 Å². The Morgan fingerprint density at radius 3 is 2.62 bits per heavy atom. The highest BCUT2D eigenvalue weighted by Crippen LogP contribution is 2.18. The van der Waals surface area contributed by atoms with Gasteiger partial charge in [0.05, 0.1) is 18.7 Å². The number of benzene rings is 1. The topological polar surface area (TPSA) is 32.8 Å². The van der Waals surface area contributed by atoms with Gasteiger partial charge in [0.2, 0.25) is 0 Å². The first-order valence-corrected chi connectivity index (χ1v) is 7.46. The van der Waals surface area contributed by atoms with Crippen molar-refractivity contribution >= 4 is 5.78 Å². The monoisotopic (exact) mass is 294 g/mol. The van der Waals surface area contributed by atoms with E-state index in [1.807, 2.05) is 6.92 Å². The molecule has 1 heterocycles. The number of halogens is 1. The van der Waals surface area contributed by atoms with Crippen LogP contribution in [-0.2, 0) is 0 Å². The fourth-order valence-electron chi connectivity index (χ4n) is 2.33. The second kappa shape index (κ2) is 7.52. The van der Waals surface area contributed by atoms with Gasteiger partial charge in [-0.3, -0.25) is 9.69 Å². The summed E-state index contributed by atoms with van der Waals surface area (Å²) in [7, 11) is 2.06. The maximum absolute atomic E-state index is 14.0. The highest BCUT2D eigenvalue weighted by Gasteiger charge is 2.19. The lowest BCUT2D eigenvalue weighted by atomic mass is 10.1. The molecule has 1 saturated heterocycles. The molecule has 1 fully saturated rings. The van der Waals surface area contributed by atoms with Crippen LogP contribution in [0.25, 0.3) is 0 Å². The number of rotatable bonds is 6. The third-order valence-electron chi connectivity index (χ3n) is 3.68. The molecular weight excluding hydrogens is 271 g/mol. The molecule has 116 valence electrons. The first kappa shape index (κ1) is 15.9. The number of ether oxygens (including phenoxy) is 1. The van der Waals surface area contributed by atoms with Gasteiger partial charge in [0, 0.05) is 32.2 Å². The molecule has 0 bridgehead atoms. The molecule has 0 radical (unpaired) electrons. The van der Waals surface area contributed by atoms with Gasteiger partial charge in [-0.25, -0.2) is 4.39 Å². The summed E-state index contributed by atoms with van der Waals surface area (Å²) in [5, 5.41) is 0. The number of hydrogen-bond acceptors (Lipinski definition) is 4. The largest absolute Gasteiger partial charge is 0.494 e. The molecule has 2 rings (SSSR count). The van der Waals surface area contributed by atoms with Crippen molar-refractivity contribution in [1.29, 1.82) is 0 Å². The summed E-state index contributed by atoms with van der Waals surface area (Å²) in [6, 6.07) is 4.49. The number of hydrogen-bond donors (Lipinski definition) is 0. The predicted molar refractivity (Wildman–Crippen MR) is 80.5 cm³/mol. The summed E-state index contributed by atoms with van der Waals surface area (Å²) in [5.41, 5.74) is 0.151. The van der Waals surface area contributed by atoms with Gasteiger partial charge in [0.25, 0.3) is 0 Å². The Labute approximate surface area is 125 Å². The van der Waals surface area contributed by atoms with Gasteiger partial charge in [-0.1, -0.05) is 6.92 Å². The lowest BCUT2D eigenvalue weighted by Crippen LogP contribution is -2.46. The molecule has 21 heavy (non-hydrogen) atoms. The van der Waals surface area contributed by atoms with Crippen molar-refractivity contribution in [2.45, 2.75) is 13.3 Å². The zero-order valence-corrected chi connectivity index (χ0v) is 12.8. The highest BCUT2D eigenvalue weighted by atomic mass is 19.1. The molecule has 0 saturated carbocycles. The van der Waals surface area contributed by atoms with Crippen molar-refractivity contribution < 1.29 is 13.9 Å². The van der Waals surface area contributed by atoms with Crippen LogP contribution >= 0.6 is 0 Å². The molecule has 5 heteroatoms. The van der Waals surface area contributed by atoms with E-state index in [4.69, 9.17) is 4.74 Å². The number of nitrogens with zero attached hydrogens (tertiary/aromatic N) is 2. The molecule has 0 atom stereocenters. The van der Waals surface area contributed by atoms with Crippen LogP contribution in [0.15, 0.2) is 18.2 Å². The van der Waals surface area contributed by atoms with Crippen LogP contribution in [0.1, 0.15) is 23.7 Å². The number of ketones is 1. The summed E-state index contributed by atoms with van der Waals surface area (Å²) in [6.07, 6.45) is 0.867. The van der Waals surface area contributed by atoms with E-state index in [0.29, 0.717) is 12.4 Å². The van der Waals surface area contributed by atoms with E-state index in [9.17, 15) is 9.18 Å². The first-order chi connectivity index (χ1) is 10.1. The highest BCUT2D eigenvalue weighted by molar-refractivity contribution is 5.98. The third-order valence-corrected chi connectivity index (χ3v) is 3.68. The zero-order chi connectivity index (χ0) is 15.2. The second-order valence-electron chi connectivity index (χ2n) is 5.49. The lowest BCUT2D eigenvalue weighted by Gasteiger charge is -2.31. The van der Waals surface area contributed by atoms with E-state index in [0.717, 1.165) is 32.6 Å². The van der Waals surface area contributed by atoms with E-state index < -0.39 is 5.82 Å². The van der Waals surface area contributed by atoms with E-state index in [1.165, 1.54) is 12.1 Å². The smallest absolute Gasteiger partial charge is 0.179 e. The van der Waals surface area contributed by atoms with E-state index in [2.05, 4.69) is 16.8 Å². The Bertz CT molecular complexity index is 485. The quantitative estimate of drug-likeness (QED) is 0.752. The van der Waals surface area contributed by atoms with Gasteiger partial charge in [0.15, 0.2) is 5.78 Å². The summed E-state index contributed by atoms with van der Waals surface area (Å²) in [6.45, 7) is 6.40. The number of carbonyl (C=O) groups excluding carboxylic acids is 1. The Morgan fingerprint density at radius 2 is 2.00 bits per heavy atom. The number of likely N-dealkylation sites (N-methyl/N-ethyl adjacent to an activating group) is 1. The molecule has 4 nitrogen and oxygen atoms in total. The maximum Gasteiger partial charge on any atom is 0.179 e. The van der Waals surface area contributed by atoms with Gasteiger partial charge in [-0.2, -0.15) is 0 Å². The predicted octanol–water partition coefficient (Wildman–Crippen LogP) is 2.04. The van der Waals surface area contributed by atoms with Crippen LogP contribution in [0.5, 0.6) is 5.75 Å². The van der Waals surface area contributed by atoms with Crippen molar-refractivity contribution in [3.63, 3.8) is 0 Å². The molecule has 1 aromatic carbocycles. The summed E-state index contributed by atoms with van der Waals surface area (Å²) in [4.78, 5) is 16.5. The van der Waals surface area contributed by atoms with Crippen LogP contribution in [0.3, 0.4) is 0 Å². The maximum atomic E-state index is 14.0. The SMILES string of the molecule is CCCOc1ccc(C(=O)CN2CCN(C)CC2)c(F)c1. The second-order valence-corrected chi connectivity index (χ2v) is 5.49. The van der Waals surface area contributed by atoms with Crippen LogP contribution in [-0.4, -0.2) is 62.0 Å². The van der Waals surface area contributed by atoms with E-state index in [1.54, 1.807) is 6.07 Å². The summed E-state index contributed by atoms with van der Waals surface area (Å²) in [5.74, 6) is -0.188. The number of Topliss-reactive ketones (excluding diaryl/α,β-unsaturated/α-hetero) is 1. The minimum atomic E-state index is -0.497. The molecule has 1 aliphatic rings. The summed E-state index contributed by atoms with van der Waals surface area (Å²) < 4.78 is 19.4. The van der Waals surface area contributed by atoms with E-state index >= 15 is 0 Å². The molecule has 0 unspecified atom stereocenters. The van der Waals surface area contributed by atoms with Crippen LogP contribution < -0.4 is 4.74 Å². The number of piperazine rings is 1. The van der Waals surface area contributed by atoms with Gasteiger partial charge in [0.1, 0.15) is 11.6 Å². The molecule has 0 N–H and O–H groups in total. The fraction of sp³-hybridized carbons (Fsp3) is 0.562. The average molecular weight is 294 g/mol. The van der Waals surface area contributed by atoms with Crippen molar-refractivity contribution in [3.05, 3.63) is 29.6 Å². The lowest BCUT2D eigenvalue weighted by molar-refractivity contribution is 0.0872. The molecule has 0 aliphatic carbocycles. The zero-order valence-electron chi connectivity index (χ0n) is 12.8. The number of carbonyl (C=O) groups is 1. The Morgan fingerprint density at radius 1 is 1.29 bits per heavy atom. The van der Waals surface area contributed by atoms with Crippen molar-refractivity contribution in [1.82, 2.24) is 9.80 Å². The van der Waals surface area contributed by atoms with Crippen LogP contribution in [0, 0.1) is 5.82 Å².